The Morgan fingerprint density at radius 2 is 1.72 bits per heavy atom. The van der Waals surface area contributed by atoms with Gasteiger partial charge in [0.2, 0.25) is 0 Å². The summed E-state index contributed by atoms with van der Waals surface area (Å²) in [5.41, 5.74) is -5.38. The number of Topliss-reactive ketones (excluding diaryl/α,β-unsaturated/α-hetero) is 1. The molecule has 3 aliphatic rings. The molecule has 3 aliphatic carbocycles. The van der Waals surface area contributed by atoms with Crippen LogP contribution < -0.4 is 0 Å². The van der Waals surface area contributed by atoms with E-state index in [2.05, 4.69) is 0 Å². The van der Waals surface area contributed by atoms with E-state index in [1.165, 1.54) is 13.8 Å². The van der Waals surface area contributed by atoms with E-state index in [1.807, 2.05) is 0 Å². The molecule has 6 unspecified atom stereocenters. The molecule has 8 heteroatoms. The highest BCUT2D eigenvalue weighted by Crippen LogP contribution is 2.63. The van der Waals surface area contributed by atoms with E-state index in [0.29, 0.717) is 11.1 Å². The van der Waals surface area contributed by atoms with Gasteiger partial charge in [-0.3, -0.25) is 9.59 Å². The summed E-state index contributed by atoms with van der Waals surface area (Å²) in [5.74, 6) is -3.76. The van der Waals surface area contributed by atoms with E-state index >= 15 is 0 Å². The lowest BCUT2D eigenvalue weighted by Crippen LogP contribution is -2.74. The van der Waals surface area contributed by atoms with Gasteiger partial charge in [0.05, 0.1) is 35.4 Å². The molecule has 0 aromatic heterocycles. The fraction of sp³-hybridized carbons (Fsp3) is 0.833. The molecule has 2 saturated carbocycles. The van der Waals surface area contributed by atoms with Gasteiger partial charge in [0, 0.05) is 24.7 Å². The van der Waals surface area contributed by atoms with Crippen LogP contribution in [0.4, 0.5) is 0 Å². The molecule has 3 rings (SSSR count). The zero-order chi connectivity index (χ0) is 24.6. The van der Waals surface area contributed by atoms with E-state index in [1.54, 1.807) is 34.6 Å². The summed E-state index contributed by atoms with van der Waals surface area (Å²) in [6.07, 6.45) is -3.74. The molecule has 2 fully saturated rings. The average molecular weight is 455 g/mol. The van der Waals surface area contributed by atoms with Crippen molar-refractivity contribution >= 4 is 11.8 Å². The maximum absolute atomic E-state index is 14.2. The first-order valence-corrected chi connectivity index (χ1v) is 11.4. The molecule has 2 bridgehead atoms. The van der Waals surface area contributed by atoms with Gasteiger partial charge in [0.1, 0.15) is 0 Å². The van der Waals surface area contributed by atoms with Crippen LogP contribution in [0.1, 0.15) is 61.3 Å². The third-order valence-electron chi connectivity index (χ3n) is 9.31. The Kier molecular flexibility index (Phi) is 6.01. The molecule has 8 nitrogen and oxygen atoms in total. The third-order valence-corrected chi connectivity index (χ3v) is 9.31. The van der Waals surface area contributed by atoms with Gasteiger partial charge in [-0.15, -0.1) is 0 Å². The zero-order valence-electron chi connectivity index (χ0n) is 20.0. The van der Waals surface area contributed by atoms with Gasteiger partial charge < -0.3 is 30.3 Å². The van der Waals surface area contributed by atoms with Crippen molar-refractivity contribution < 1.29 is 39.9 Å². The highest BCUT2D eigenvalue weighted by atomic mass is 16.5. The molecule has 0 amide bonds. The van der Waals surface area contributed by atoms with Gasteiger partial charge in [0.15, 0.2) is 11.9 Å². The normalized spacial score (nSPS) is 48.6. The van der Waals surface area contributed by atoms with Crippen LogP contribution in [0.5, 0.6) is 0 Å². The number of ketones is 1. The van der Waals surface area contributed by atoms with Gasteiger partial charge in [-0.2, -0.15) is 0 Å². The van der Waals surface area contributed by atoms with Gasteiger partial charge in [-0.1, -0.05) is 27.7 Å². The van der Waals surface area contributed by atoms with Crippen LogP contribution in [0.25, 0.3) is 0 Å². The number of carbonyl (C=O) groups excluding carboxylic acids is 2. The lowest BCUT2D eigenvalue weighted by atomic mass is 9.42. The number of ether oxygens (including phenoxy) is 1. The minimum atomic E-state index is -1.78. The summed E-state index contributed by atoms with van der Waals surface area (Å²) < 4.78 is 5.53. The van der Waals surface area contributed by atoms with Crippen LogP contribution in [0.2, 0.25) is 0 Å². The molecular formula is C24H38O8. The standard InChI is InChI=1S/C24H38O8/c1-11-8-16(28)22(7)19(23(11,30)10-25)13(3)24(31)9-15(27)12(2)17(21(24,5)6)18(20(22)29)32-14(4)26/h11,13,15-16,18-19,25,27-28,30-31H,8-10H2,1-7H3/t11-,13?,15?,16?,18?,19?,22-,23+,24?/m1/s1. The van der Waals surface area contributed by atoms with Crippen LogP contribution in [0.15, 0.2) is 11.1 Å². The van der Waals surface area contributed by atoms with Gasteiger partial charge in [-0.05, 0) is 43.3 Å². The average Bonchev–Trinajstić information content (AvgIpc) is 2.68. The molecular weight excluding hydrogens is 416 g/mol. The van der Waals surface area contributed by atoms with Crippen molar-refractivity contribution in [3.63, 3.8) is 0 Å². The third kappa shape index (κ3) is 2.99. The van der Waals surface area contributed by atoms with Crippen molar-refractivity contribution in [2.75, 3.05) is 6.61 Å². The number of fused-ring (bicyclic) bond motifs is 3. The topological polar surface area (TPSA) is 145 Å². The monoisotopic (exact) mass is 454 g/mol. The number of hydrogen-bond acceptors (Lipinski definition) is 8. The van der Waals surface area contributed by atoms with Crippen molar-refractivity contribution in [1.29, 1.82) is 0 Å². The minimum absolute atomic E-state index is 0.0534. The summed E-state index contributed by atoms with van der Waals surface area (Å²) >= 11 is 0. The zero-order valence-corrected chi connectivity index (χ0v) is 20.0. The van der Waals surface area contributed by atoms with E-state index in [0.717, 1.165) is 0 Å². The lowest BCUT2D eigenvalue weighted by molar-refractivity contribution is -0.256. The number of aliphatic hydroxyl groups is 5. The van der Waals surface area contributed by atoms with E-state index in [-0.39, 0.29) is 12.8 Å². The molecule has 32 heavy (non-hydrogen) atoms. The largest absolute Gasteiger partial charge is 0.450 e. The second kappa shape index (κ2) is 7.60. The fourth-order valence-corrected chi connectivity index (χ4v) is 7.21. The smallest absolute Gasteiger partial charge is 0.303 e. The molecule has 5 N–H and O–H groups in total. The van der Waals surface area contributed by atoms with Gasteiger partial charge >= 0.3 is 5.97 Å². The maximum atomic E-state index is 14.2. The Hall–Kier alpha value is -1.32. The van der Waals surface area contributed by atoms with Crippen LogP contribution in [0, 0.1) is 28.6 Å². The highest BCUT2D eigenvalue weighted by molar-refractivity contribution is 5.94. The van der Waals surface area contributed by atoms with E-state index in [4.69, 9.17) is 4.74 Å². The Bertz CT molecular complexity index is 849. The summed E-state index contributed by atoms with van der Waals surface area (Å²) in [5, 5.41) is 56.2. The number of aliphatic hydroxyl groups excluding tert-OH is 3. The van der Waals surface area contributed by atoms with Crippen molar-refractivity contribution in [3.05, 3.63) is 11.1 Å². The SMILES string of the molecule is CC(=O)OC1C(=O)[C@]2(C)C(O)C[C@@H](C)[C@@](O)(CO)C2C(C)C2(O)CC(O)C(C)=C1C2(C)C. The van der Waals surface area contributed by atoms with Crippen molar-refractivity contribution in [3.8, 4) is 0 Å². The molecule has 0 aliphatic heterocycles. The van der Waals surface area contributed by atoms with Gasteiger partial charge in [-0.25, -0.2) is 0 Å². The molecule has 0 spiro atoms. The Morgan fingerprint density at radius 3 is 2.22 bits per heavy atom. The predicted molar refractivity (Wildman–Crippen MR) is 115 cm³/mol. The van der Waals surface area contributed by atoms with E-state index in [9.17, 15) is 35.1 Å². The number of hydrogen-bond donors (Lipinski definition) is 5. The van der Waals surface area contributed by atoms with Crippen LogP contribution in [0.3, 0.4) is 0 Å². The van der Waals surface area contributed by atoms with Gasteiger partial charge in [0.25, 0.3) is 0 Å². The molecule has 0 saturated heterocycles. The Balaban J connectivity index is 2.43. The summed E-state index contributed by atoms with van der Waals surface area (Å²) in [7, 11) is 0. The summed E-state index contributed by atoms with van der Waals surface area (Å²) in [6.45, 7) is 10.5. The van der Waals surface area contributed by atoms with Crippen molar-refractivity contribution in [2.24, 2.45) is 28.6 Å². The molecule has 9 atom stereocenters. The molecule has 0 aromatic carbocycles. The molecule has 182 valence electrons. The first-order chi connectivity index (χ1) is 14.5. The summed E-state index contributed by atoms with van der Waals surface area (Å²) in [4.78, 5) is 26.2. The van der Waals surface area contributed by atoms with Crippen LogP contribution in [-0.2, 0) is 14.3 Å². The van der Waals surface area contributed by atoms with E-state index < -0.39 is 76.5 Å². The van der Waals surface area contributed by atoms with Crippen LogP contribution in [-0.4, -0.2) is 73.4 Å². The second-order valence-electron chi connectivity index (χ2n) is 11.1. The van der Waals surface area contributed by atoms with Crippen LogP contribution >= 0.6 is 0 Å². The second-order valence-corrected chi connectivity index (χ2v) is 11.1. The maximum Gasteiger partial charge on any atom is 0.303 e. The Labute approximate surface area is 189 Å². The summed E-state index contributed by atoms with van der Waals surface area (Å²) in [6, 6.07) is 0. The molecule has 0 aromatic rings. The predicted octanol–water partition coefficient (Wildman–Crippen LogP) is 0.722. The first kappa shape index (κ1) is 25.3. The first-order valence-electron chi connectivity index (χ1n) is 11.4. The quantitative estimate of drug-likeness (QED) is 0.303. The molecule has 0 radical (unpaired) electrons. The lowest BCUT2D eigenvalue weighted by Gasteiger charge is -2.64. The molecule has 0 heterocycles. The van der Waals surface area contributed by atoms with Crippen molar-refractivity contribution in [1.82, 2.24) is 0 Å². The number of carbonyl (C=O) groups is 2. The number of esters is 1. The number of rotatable bonds is 2. The minimum Gasteiger partial charge on any atom is -0.450 e. The fourth-order valence-electron chi connectivity index (χ4n) is 7.21. The highest BCUT2D eigenvalue weighted by Gasteiger charge is 2.71. The Morgan fingerprint density at radius 1 is 1.16 bits per heavy atom. The van der Waals surface area contributed by atoms with Crippen molar-refractivity contribution in [2.45, 2.75) is 90.8 Å².